The molecule has 1 aliphatic carbocycles. The van der Waals surface area contributed by atoms with Crippen LogP contribution in [0.25, 0.3) is 0 Å². The van der Waals surface area contributed by atoms with Gasteiger partial charge in [0.2, 0.25) is 0 Å². The van der Waals surface area contributed by atoms with Crippen LogP contribution in [0.4, 0.5) is 0 Å². The van der Waals surface area contributed by atoms with Gasteiger partial charge in [0.1, 0.15) is 0 Å². The zero-order valence-corrected chi connectivity index (χ0v) is 14.3. The maximum atomic E-state index is 5.82. The fourth-order valence-electron chi connectivity index (χ4n) is 2.93. The van der Waals surface area contributed by atoms with Crippen molar-refractivity contribution in [3.8, 4) is 0 Å². The number of hydrogen-bond acceptors (Lipinski definition) is 3. The first-order chi connectivity index (χ1) is 9.69. The van der Waals surface area contributed by atoms with Crippen LogP contribution in [0.15, 0.2) is 5.38 Å². The average Bonchev–Trinajstić information content (AvgIpc) is 3.09. The molecule has 0 unspecified atom stereocenters. The third-order valence-electron chi connectivity index (χ3n) is 4.18. The van der Waals surface area contributed by atoms with Gasteiger partial charge in [-0.05, 0) is 31.7 Å². The molecule has 1 heterocycles. The van der Waals surface area contributed by atoms with E-state index in [1.807, 2.05) is 0 Å². The van der Waals surface area contributed by atoms with E-state index >= 15 is 0 Å². The van der Waals surface area contributed by atoms with Crippen molar-refractivity contribution in [2.24, 2.45) is 5.92 Å². The van der Waals surface area contributed by atoms with E-state index in [0.29, 0.717) is 5.88 Å². The summed E-state index contributed by atoms with van der Waals surface area (Å²) in [5, 5.41) is 3.34. The third kappa shape index (κ3) is 5.01. The Morgan fingerprint density at radius 3 is 2.70 bits per heavy atom. The molecule has 1 aromatic rings. The molecule has 0 aliphatic heterocycles. The topological polar surface area (TPSA) is 16.1 Å². The minimum Gasteiger partial charge on any atom is -0.300 e. The van der Waals surface area contributed by atoms with E-state index in [-0.39, 0.29) is 0 Å². The first kappa shape index (κ1) is 16.3. The summed E-state index contributed by atoms with van der Waals surface area (Å²) in [4.78, 5) is 7.30. The number of aromatic nitrogens is 1. The fraction of sp³-hybridized carbons (Fsp3) is 0.812. The number of nitrogens with zero attached hydrogens (tertiary/aromatic N) is 2. The molecule has 0 aromatic carbocycles. The normalized spacial score (nSPS) is 16.6. The highest BCUT2D eigenvalue weighted by molar-refractivity contribution is 7.09. The van der Waals surface area contributed by atoms with Gasteiger partial charge in [0.25, 0.3) is 0 Å². The van der Waals surface area contributed by atoms with Crippen LogP contribution in [0.3, 0.4) is 0 Å². The maximum absolute atomic E-state index is 5.82. The van der Waals surface area contributed by atoms with Gasteiger partial charge in [0.05, 0.1) is 16.6 Å². The molecule has 0 bridgehead atoms. The molecule has 0 radical (unpaired) electrons. The minimum absolute atomic E-state index is 0.538. The number of rotatable bonds is 8. The Hall–Kier alpha value is -0.120. The predicted molar refractivity (Wildman–Crippen MR) is 88.7 cm³/mol. The molecular weight excluding hydrogens is 288 g/mol. The molecule has 20 heavy (non-hydrogen) atoms. The van der Waals surface area contributed by atoms with Crippen LogP contribution in [-0.2, 0) is 12.3 Å². The Kier molecular flexibility index (Phi) is 6.79. The van der Waals surface area contributed by atoms with Gasteiger partial charge in [-0.2, -0.15) is 0 Å². The second-order valence-corrected chi connectivity index (χ2v) is 7.48. The summed E-state index contributed by atoms with van der Waals surface area (Å²) in [6, 6.07) is 0.821. The lowest BCUT2D eigenvalue weighted by molar-refractivity contribution is 0.190. The highest BCUT2D eigenvalue weighted by Gasteiger charge is 2.22. The van der Waals surface area contributed by atoms with E-state index in [9.17, 15) is 0 Å². The second-order valence-electron chi connectivity index (χ2n) is 6.27. The van der Waals surface area contributed by atoms with Crippen molar-refractivity contribution in [3.63, 3.8) is 0 Å². The molecular formula is C16H27ClN2S. The van der Waals surface area contributed by atoms with Crippen molar-refractivity contribution in [1.29, 1.82) is 0 Å². The summed E-state index contributed by atoms with van der Waals surface area (Å²) in [7, 11) is 0. The molecule has 1 saturated carbocycles. The molecule has 2 nitrogen and oxygen atoms in total. The fourth-order valence-corrected chi connectivity index (χ4v) is 3.95. The number of halogens is 1. The SMILES string of the molecule is CC(C)CCN(CCc1nc(CCl)cs1)C1CCCC1. The molecule has 114 valence electrons. The van der Waals surface area contributed by atoms with Crippen molar-refractivity contribution in [1.82, 2.24) is 9.88 Å². The Labute approximate surface area is 132 Å². The number of alkyl halides is 1. The molecule has 4 heteroatoms. The van der Waals surface area contributed by atoms with Gasteiger partial charge in [0.15, 0.2) is 0 Å². The lowest BCUT2D eigenvalue weighted by Crippen LogP contribution is -2.36. The van der Waals surface area contributed by atoms with Crippen LogP contribution in [0, 0.1) is 5.92 Å². The molecule has 0 atom stereocenters. The smallest absolute Gasteiger partial charge is 0.0941 e. The van der Waals surface area contributed by atoms with E-state index in [0.717, 1.165) is 30.6 Å². The Bertz CT molecular complexity index is 386. The summed E-state index contributed by atoms with van der Waals surface area (Å²) in [5.41, 5.74) is 1.03. The number of thiazole rings is 1. The highest BCUT2D eigenvalue weighted by atomic mass is 35.5. The van der Waals surface area contributed by atoms with Gasteiger partial charge in [0, 0.05) is 24.4 Å². The van der Waals surface area contributed by atoms with Gasteiger partial charge in [-0.15, -0.1) is 22.9 Å². The molecule has 0 N–H and O–H groups in total. The Morgan fingerprint density at radius 2 is 2.10 bits per heavy atom. The van der Waals surface area contributed by atoms with Crippen LogP contribution in [0.5, 0.6) is 0 Å². The standard InChI is InChI=1S/C16H27ClN2S/c1-13(2)7-9-19(15-5-3-4-6-15)10-8-16-18-14(11-17)12-20-16/h12-13,15H,3-11H2,1-2H3. The summed E-state index contributed by atoms with van der Waals surface area (Å²) < 4.78 is 0. The first-order valence-corrected chi connectivity index (χ1v) is 9.33. The van der Waals surface area contributed by atoms with E-state index in [1.165, 1.54) is 43.7 Å². The predicted octanol–water partition coefficient (Wildman–Crippen LogP) is 4.72. The summed E-state index contributed by atoms with van der Waals surface area (Å²) in [5.74, 6) is 1.33. The van der Waals surface area contributed by atoms with Crippen LogP contribution in [0.2, 0.25) is 0 Å². The molecule has 2 rings (SSSR count). The molecule has 0 saturated heterocycles. The van der Waals surface area contributed by atoms with Crippen molar-refractivity contribution in [2.75, 3.05) is 13.1 Å². The zero-order valence-electron chi connectivity index (χ0n) is 12.8. The van der Waals surface area contributed by atoms with Crippen LogP contribution in [-0.4, -0.2) is 29.0 Å². The van der Waals surface area contributed by atoms with E-state index in [1.54, 1.807) is 11.3 Å². The van der Waals surface area contributed by atoms with Crippen LogP contribution in [0.1, 0.15) is 56.7 Å². The molecule has 1 fully saturated rings. The second kappa shape index (κ2) is 8.35. The van der Waals surface area contributed by atoms with Crippen LogP contribution >= 0.6 is 22.9 Å². The molecule has 0 spiro atoms. The molecule has 0 amide bonds. The Balaban J connectivity index is 1.85. The van der Waals surface area contributed by atoms with Gasteiger partial charge in [-0.1, -0.05) is 26.7 Å². The van der Waals surface area contributed by atoms with Gasteiger partial charge >= 0.3 is 0 Å². The van der Waals surface area contributed by atoms with Crippen molar-refractivity contribution >= 4 is 22.9 Å². The van der Waals surface area contributed by atoms with Crippen molar-refractivity contribution in [3.05, 3.63) is 16.1 Å². The highest BCUT2D eigenvalue weighted by Crippen LogP contribution is 2.24. The largest absolute Gasteiger partial charge is 0.300 e. The molecule has 1 aliphatic rings. The summed E-state index contributed by atoms with van der Waals surface area (Å²) in [6.07, 6.45) is 8.00. The number of hydrogen-bond donors (Lipinski definition) is 0. The summed E-state index contributed by atoms with van der Waals surface area (Å²) in [6.45, 7) is 7.05. The monoisotopic (exact) mass is 314 g/mol. The van der Waals surface area contributed by atoms with Crippen LogP contribution < -0.4 is 0 Å². The van der Waals surface area contributed by atoms with Gasteiger partial charge < -0.3 is 0 Å². The lowest BCUT2D eigenvalue weighted by atomic mass is 10.1. The zero-order chi connectivity index (χ0) is 14.4. The van der Waals surface area contributed by atoms with Crippen molar-refractivity contribution in [2.45, 2.75) is 64.3 Å². The minimum atomic E-state index is 0.538. The van der Waals surface area contributed by atoms with Crippen molar-refractivity contribution < 1.29 is 0 Å². The average molecular weight is 315 g/mol. The van der Waals surface area contributed by atoms with Gasteiger partial charge in [-0.3, -0.25) is 4.90 Å². The maximum Gasteiger partial charge on any atom is 0.0941 e. The third-order valence-corrected chi connectivity index (χ3v) is 5.42. The Morgan fingerprint density at radius 1 is 1.35 bits per heavy atom. The lowest BCUT2D eigenvalue weighted by Gasteiger charge is -2.29. The van der Waals surface area contributed by atoms with Gasteiger partial charge in [-0.25, -0.2) is 4.98 Å². The first-order valence-electron chi connectivity index (χ1n) is 7.92. The van der Waals surface area contributed by atoms with E-state index in [2.05, 4.69) is 29.1 Å². The van der Waals surface area contributed by atoms with E-state index < -0.39 is 0 Å². The molecule has 1 aromatic heterocycles. The summed E-state index contributed by atoms with van der Waals surface area (Å²) >= 11 is 7.59. The van der Waals surface area contributed by atoms with E-state index in [4.69, 9.17) is 11.6 Å². The quantitative estimate of drug-likeness (QED) is 0.646.